The maximum absolute atomic E-state index is 12.4. The lowest BCUT2D eigenvalue weighted by Crippen LogP contribution is -2.55. The van der Waals surface area contributed by atoms with E-state index in [1.54, 1.807) is 6.08 Å². The van der Waals surface area contributed by atoms with Crippen molar-refractivity contribution in [3.8, 4) is 0 Å². The van der Waals surface area contributed by atoms with Crippen molar-refractivity contribution in [3.63, 3.8) is 0 Å². The first-order valence-corrected chi connectivity index (χ1v) is 9.46. The van der Waals surface area contributed by atoms with E-state index < -0.39 is 35.6 Å². The Morgan fingerprint density at radius 3 is 2.80 bits per heavy atom. The Hall–Kier alpha value is -2.13. The summed E-state index contributed by atoms with van der Waals surface area (Å²) in [7, 11) is 0. The van der Waals surface area contributed by atoms with Crippen molar-refractivity contribution < 1.29 is 24.3 Å². The molecule has 3 amide bonds. The normalized spacial score (nSPS) is 22.7. The summed E-state index contributed by atoms with van der Waals surface area (Å²) in [5.74, 6) is -2.38. The zero-order valence-electron chi connectivity index (χ0n) is 13.2. The van der Waals surface area contributed by atoms with E-state index in [4.69, 9.17) is 0 Å². The molecule has 2 saturated heterocycles. The van der Waals surface area contributed by atoms with Gasteiger partial charge in [0.25, 0.3) is 11.1 Å². The third-order valence-corrected chi connectivity index (χ3v) is 5.81. The van der Waals surface area contributed by atoms with Crippen LogP contribution in [0.5, 0.6) is 0 Å². The van der Waals surface area contributed by atoms with E-state index in [-0.39, 0.29) is 4.91 Å². The Kier molecular flexibility index (Phi) is 5.24. The van der Waals surface area contributed by atoms with E-state index in [1.807, 2.05) is 17.5 Å². The van der Waals surface area contributed by atoms with Gasteiger partial charge in [-0.3, -0.25) is 19.3 Å². The van der Waals surface area contributed by atoms with Gasteiger partial charge in [-0.1, -0.05) is 6.07 Å². The molecule has 0 spiro atoms. The van der Waals surface area contributed by atoms with Gasteiger partial charge in [0, 0.05) is 11.4 Å². The molecule has 25 heavy (non-hydrogen) atoms. The van der Waals surface area contributed by atoms with E-state index in [2.05, 4.69) is 0 Å². The van der Waals surface area contributed by atoms with Crippen molar-refractivity contribution in [1.82, 2.24) is 9.80 Å². The molecule has 9 heteroatoms. The minimum atomic E-state index is -1.31. The van der Waals surface area contributed by atoms with E-state index in [0.717, 1.165) is 21.5 Å². The van der Waals surface area contributed by atoms with Gasteiger partial charge in [-0.25, -0.2) is 0 Å². The number of carboxylic acids is 1. The monoisotopic (exact) mass is 379 g/mol. The molecule has 0 bridgehead atoms. The highest BCUT2D eigenvalue weighted by atomic mass is 32.2. The van der Waals surface area contributed by atoms with Crippen LogP contribution in [0.2, 0.25) is 0 Å². The van der Waals surface area contributed by atoms with Crippen LogP contribution in [0.4, 0.5) is 4.79 Å². The quantitative estimate of drug-likeness (QED) is 0.722. The zero-order valence-corrected chi connectivity index (χ0v) is 14.8. The van der Waals surface area contributed by atoms with Crippen molar-refractivity contribution in [2.45, 2.75) is 25.3 Å². The van der Waals surface area contributed by atoms with Crippen LogP contribution in [-0.4, -0.2) is 52.0 Å². The van der Waals surface area contributed by atoms with Crippen LogP contribution in [0.15, 0.2) is 22.4 Å². The van der Waals surface area contributed by atoms with Crippen LogP contribution in [0.1, 0.15) is 24.1 Å². The number of amides is 3. The summed E-state index contributed by atoms with van der Waals surface area (Å²) in [4.78, 5) is 51.3. The molecule has 2 aliphatic heterocycles. The predicted octanol–water partition coefficient (Wildman–Crippen LogP) is 0.915. The van der Waals surface area contributed by atoms with Gasteiger partial charge in [0.15, 0.2) is 0 Å². The Morgan fingerprint density at radius 2 is 2.12 bits per heavy atom. The van der Waals surface area contributed by atoms with E-state index in [0.29, 0.717) is 25.8 Å². The Balaban J connectivity index is 1.71. The standard InChI is InChI=1S/C16H16N2O5S2/c19-13(17-6-2-1-5-11(17)15(21)22)9-18-14(20)12(25-16(18)23)8-10-4-3-7-24-10/h3-4,7-8,11H,1-2,5-6,9H2,(H,21,22)/p-1/b12-8-/t11-/m0/s1. The number of rotatable bonds is 4. The van der Waals surface area contributed by atoms with Gasteiger partial charge in [-0.15, -0.1) is 11.3 Å². The fourth-order valence-electron chi connectivity index (χ4n) is 2.84. The van der Waals surface area contributed by atoms with Crippen molar-refractivity contribution in [2.75, 3.05) is 13.1 Å². The molecule has 0 radical (unpaired) electrons. The van der Waals surface area contributed by atoms with Gasteiger partial charge in [-0.2, -0.15) is 0 Å². The van der Waals surface area contributed by atoms with E-state index in [9.17, 15) is 24.3 Å². The van der Waals surface area contributed by atoms with E-state index >= 15 is 0 Å². The second kappa shape index (κ2) is 7.40. The highest BCUT2D eigenvalue weighted by Gasteiger charge is 2.38. The van der Waals surface area contributed by atoms with Gasteiger partial charge in [-0.05, 0) is 48.5 Å². The SMILES string of the molecule is O=C([O-])[C@@H]1CCCCN1C(=O)CN1C(=O)S/C(=C\c2cccs2)C1=O. The number of imide groups is 1. The van der Waals surface area contributed by atoms with Crippen LogP contribution >= 0.6 is 23.1 Å². The maximum Gasteiger partial charge on any atom is 0.294 e. The molecule has 3 rings (SSSR count). The maximum atomic E-state index is 12.4. The summed E-state index contributed by atoms with van der Waals surface area (Å²) in [6, 6.07) is 2.66. The number of thioether (sulfide) groups is 1. The fraction of sp³-hybridized carbons (Fsp3) is 0.375. The smallest absolute Gasteiger partial charge is 0.294 e. The molecule has 0 saturated carbocycles. The molecule has 0 aromatic carbocycles. The highest BCUT2D eigenvalue weighted by Crippen LogP contribution is 2.33. The Morgan fingerprint density at radius 1 is 1.32 bits per heavy atom. The summed E-state index contributed by atoms with van der Waals surface area (Å²) in [5.41, 5.74) is 0. The Labute approximate surface area is 152 Å². The number of carbonyl (C=O) groups excluding carboxylic acids is 4. The number of nitrogens with zero attached hydrogens (tertiary/aromatic N) is 2. The lowest BCUT2D eigenvalue weighted by atomic mass is 10.0. The Bertz CT molecular complexity index is 744. The molecular weight excluding hydrogens is 364 g/mol. The summed E-state index contributed by atoms with van der Waals surface area (Å²) in [6.07, 6.45) is 3.34. The van der Waals surface area contributed by atoms with Gasteiger partial charge >= 0.3 is 0 Å². The second-order valence-corrected chi connectivity index (χ2v) is 7.67. The number of carboxylic acid groups (broad SMARTS) is 1. The molecule has 0 unspecified atom stereocenters. The number of hydrogen-bond acceptors (Lipinski definition) is 7. The van der Waals surface area contributed by atoms with Crippen molar-refractivity contribution in [3.05, 3.63) is 27.3 Å². The molecule has 1 aromatic heterocycles. The average molecular weight is 379 g/mol. The highest BCUT2D eigenvalue weighted by molar-refractivity contribution is 8.18. The number of piperidine rings is 1. The molecule has 1 aromatic rings. The van der Waals surface area contributed by atoms with Crippen LogP contribution in [0, 0.1) is 0 Å². The van der Waals surface area contributed by atoms with E-state index in [1.165, 1.54) is 16.2 Å². The molecule has 3 heterocycles. The van der Waals surface area contributed by atoms with Crippen LogP contribution in [0.3, 0.4) is 0 Å². The summed E-state index contributed by atoms with van der Waals surface area (Å²) in [5, 5.41) is 12.5. The van der Waals surface area contributed by atoms with Gasteiger partial charge in [0.1, 0.15) is 6.54 Å². The molecule has 0 N–H and O–H groups in total. The van der Waals surface area contributed by atoms with Gasteiger partial charge in [0.05, 0.1) is 16.9 Å². The molecule has 1 atom stereocenters. The summed E-state index contributed by atoms with van der Waals surface area (Å²) < 4.78 is 0. The number of hydrogen-bond donors (Lipinski definition) is 0. The number of aliphatic carboxylic acids is 1. The van der Waals surface area contributed by atoms with Gasteiger partial charge < -0.3 is 14.8 Å². The number of carbonyl (C=O) groups is 4. The zero-order chi connectivity index (χ0) is 18.0. The third kappa shape index (κ3) is 3.77. The average Bonchev–Trinajstić information content (AvgIpc) is 3.19. The summed E-state index contributed by atoms with van der Waals surface area (Å²) >= 11 is 2.22. The van der Waals surface area contributed by atoms with Crippen molar-refractivity contribution in [1.29, 1.82) is 0 Å². The first-order valence-electron chi connectivity index (χ1n) is 7.76. The van der Waals surface area contributed by atoms with Crippen LogP contribution < -0.4 is 5.11 Å². The van der Waals surface area contributed by atoms with Gasteiger partial charge in [0.2, 0.25) is 5.91 Å². The molecule has 0 aliphatic carbocycles. The second-order valence-electron chi connectivity index (χ2n) is 5.70. The lowest BCUT2D eigenvalue weighted by molar-refractivity contribution is -0.312. The molecular formula is C16H15N2O5S2-. The largest absolute Gasteiger partial charge is 0.548 e. The molecule has 2 aliphatic rings. The fourth-order valence-corrected chi connectivity index (χ4v) is 4.40. The first kappa shape index (κ1) is 17.7. The predicted molar refractivity (Wildman–Crippen MR) is 91.4 cm³/mol. The summed E-state index contributed by atoms with van der Waals surface area (Å²) in [6.45, 7) is -0.158. The minimum Gasteiger partial charge on any atom is -0.548 e. The molecule has 132 valence electrons. The number of likely N-dealkylation sites (tertiary alicyclic amines) is 1. The minimum absolute atomic E-state index is 0.260. The topological polar surface area (TPSA) is 97.8 Å². The molecule has 7 nitrogen and oxygen atoms in total. The number of thiophene rings is 1. The lowest BCUT2D eigenvalue weighted by Gasteiger charge is -2.36. The van der Waals surface area contributed by atoms with Crippen LogP contribution in [-0.2, 0) is 14.4 Å². The third-order valence-electron chi connectivity index (χ3n) is 4.08. The van der Waals surface area contributed by atoms with Crippen molar-refractivity contribution >= 4 is 52.2 Å². The van der Waals surface area contributed by atoms with Crippen molar-refractivity contribution in [2.24, 2.45) is 0 Å². The molecule has 2 fully saturated rings. The first-order chi connectivity index (χ1) is 12.0. The van der Waals surface area contributed by atoms with Crippen LogP contribution in [0.25, 0.3) is 6.08 Å².